The second kappa shape index (κ2) is 6.64. The maximum Gasteiger partial charge on any atom is 0.322 e. The Labute approximate surface area is 99.9 Å². The van der Waals surface area contributed by atoms with Gasteiger partial charge in [0.1, 0.15) is 24.5 Å². The van der Waals surface area contributed by atoms with Crippen LogP contribution in [-0.4, -0.2) is 59.7 Å². The van der Waals surface area contributed by atoms with Crippen molar-refractivity contribution in [3.05, 3.63) is 12.4 Å². The van der Waals surface area contributed by atoms with Gasteiger partial charge in [0.05, 0.1) is 0 Å². The van der Waals surface area contributed by atoms with E-state index < -0.39 is 5.97 Å². The molecule has 94 valence electrons. The molecule has 3 N–H and O–H groups in total. The monoisotopic (exact) mass is 239 g/mol. The Hall–Kier alpha value is -1.89. The van der Waals surface area contributed by atoms with Gasteiger partial charge < -0.3 is 20.6 Å². The van der Waals surface area contributed by atoms with Crippen LogP contribution in [0, 0.1) is 0 Å². The van der Waals surface area contributed by atoms with Gasteiger partial charge in [0.15, 0.2) is 0 Å². The number of carboxylic acids is 1. The van der Waals surface area contributed by atoms with Crippen LogP contribution in [0.4, 0.5) is 11.6 Å². The van der Waals surface area contributed by atoms with Gasteiger partial charge >= 0.3 is 5.97 Å². The van der Waals surface area contributed by atoms with Crippen LogP contribution < -0.4 is 10.6 Å². The lowest BCUT2D eigenvalue weighted by Crippen LogP contribution is -2.21. The minimum absolute atomic E-state index is 0.159. The lowest BCUT2D eigenvalue weighted by atomic mass is 10.5. The van der Waals surface area contributed by atoms with Crippen molar-refractivity contribution in [2.24, 2.45) is 0 Å². The van der Waals surface area contributed by atoms with Gasteiger partial charge in [0, 0.05) is 19.2 Å². The van der Waals surface area contributed by atoms with Gasteiger partial charge in [-0.25, -0.2) is 9.97 Å². The number of anilines is 2. The lowest BCUT2D eigenvalue weighted by Gasteiger charge is -2.11. The largest absolute Gasteiger partial charge is 0.480 e. The fraction of sp³-hybridized carbons (Fsp3) is 0.500. The van der Waals surface area contributed by atoms with Crippen molar-refractivity contribution >= 4 is 17.6 Å². The molecule has 0 bridgehead atoms. The highest BCUT2D eigenvalue weighted by Gasteiger charge is 2.00. The molecule has 0 saturated heterocycles. The number of carboxylic acid groups (broad SMARTS) is 1. The summed E-state index contributed by atoms with van der Waals surface area (Å²) < 4.78 is 0. The molecule has 0 amide bonds. The van der Waals surface area contributed by atoms with Crippen LogP contribution in [0.15, 0.2) is 12.4 Å². The molecule has 0 aliphatic rings. The highest BCUT2D eigenvalue weighted by molar-refractivity contribution is 5.72. The molecule has 0 aromatic carbocycles. The summed E-state index contributed by atoms with van der Waals surface area (Å²) in [6, 6.07) is 1.68. The summed E-state index contributed by atoms with van der Waals surface area (Å²) in [4.78, 5) is 20.4. The Morgan fingerprint density at radius 3 is 2.59 bits per heavy atom. The number of hydrogen-bond acceptors (Lipinski definition) is 6. The summed E-state index contributed by atoms with van der Waals surface area (Å²) in [6.45, 7) is 1.50. The number of carbonyl (C=O) groups is 1. The van der Waals surface area contributed by atoms with Crippen molar-refractivity contribution in [1.82, 2.24) is 14.9 Å². The number of hydrogen-bond donors (Lipinski definition) is 3. The van der Waals surface area contributed by atoms with E-state index in [2.05, 4.69) is 25.5 Å². The van der Waals surface area contributed by atoms with E-state index in [0.29, 0.717) is 11.6 Å². The molecule has 0 fully saturated rings. The van der Waals surface area contributed by atoms with Crippen molar-refractivity contribution < 1.29 is 9.90 Å². The normalized spacial score (nSPS) is 10.3. The summed E-state index contributed by atoms with van der Waals surface area (Å²) in [7, 11) is 3.98. The SMILES string of the molecule is CN(C)CCNc1cc(NCC(=O)O)ncn1. The van der Waals surface area contributed by atoms with Gasteiger partial charge in [-0.3, -0.25) is 4.79 Å². The zero-order valence-corrected chi connectivity index (χ0v) is 9.97. The summed E-state index contributed by atoms with van der Waals surface area (Å²) in [5.74, 6) is 0.246. The molecule has 7 heteroatoms. The third-order valence-electron chi connectivity index (χ3n) is 1.95. The molecule has 7 nitrogen and oxygen atoms in total. The molecule has 1 rings (SSSR count). The molecule has 0 atom stereocenters. The minimum atomic E-state index is -0.925. The molecular weight excluding hydrogens is 222 g/mol. The Balaban J connectivity index is 2.45. The summed E-state index contributed by atoms with van der Waals surface area (Å²) in [6.07, 6.45) is 1.39. The second-order valence-corrected chi connectivity index (χ2v) is 3.77. The van der Waals surface area contributed by atoms with Crippen LogP contribution in [0.5, 0.6) is 0 Å². The first-order chi connectivity index (χ1) is 8.08. The Kier molecular flexibility index (Phi) is 5.15. The fourth-order valence-electron chi connectivity index (χ4n) is 1.12. The van der Waals surface area contributed by atoms with E-state index in [0.717, 1.165) is 13.1 Å². The van der Waals surface area contributed by atoms with E-state index in [-0.39, 0.29) is 6.54 Å². The smallest absolute Gasteiger partial charge is 0.322 e. The molecule has 0 unspecified atom stereocenters. The van der Waals surface area contributed by atoms with E-state index in [1.54, 1.807) is 6.07 Å². The van der Waals surface area contributed by atoms with Crippen LogP contribution in [0.3, 0.4) is 0 Å². The number of aliphatic carboxylic acids is 1. The van der Waals surface area contributed by atoms with E-state index >= 15 is 0 Å². The van der Waals surface area contributed by atoms with E-state index in [1.165, 1.54) is 6.33 Å². The number of rotatable bonds is 7. The molecule has 1 aromatic rings. The van der Waals surface area contributed by atoms with Gasteiger partial charge in [-0.2, -0.15) is 0 Å². The van der Waals surface area contributed by atoms with Crippen molar-refractivity contribution in [3.63, 3.8) is 0 Å². The third-order valence-corrected chi connectivity index (χ3v) is 1.95. The van der Waals surface area contributed by atoms with Crippen LogP contribution in [0.1, 0.15) is 0 Å². The van der Waals surface area contributed by atoms with E-state index in [1.807, 2.05) is 14.1 Å². The van der Waals surface area contributed by atoms with Crippen LogP contribution in [0.2, 0.25) is 0 Å². The molecule has 1 aromatic heterocycles. The number of likely N-dealkylation sites (N-methyl/N-ethyl adjacent to an activating group) is 1. The van der Waals surface area contributed by atoms with Gasteiger partial charge in [-0.1, -0.05) is 0 Å². The van der Waals surface area contributed by atoms with Crippen molar-refractivity contribution in [2.75, 3.05) is 44.4 Å². The first-order valence-electron chi connectivity index (χ1n) is 5.24. The molecule has 0 saturated carbocycles. The number of nitrogens with zero attached hydrogens (tertiary/aromatic N) is 3. The topological polar surface area (TPSA) is 90.4 Å². The number of aromatic nitrogens is 2. The average Bonchev–Trinajstić information content (AvgIpc) is 2.26. The maximum absolute atomic E-state index is 10.4. The van der Waals surface area contributed by atoms with Gasteiger partial charge in [-0.05, 0) is 14.1 Å². The minimum Gasteiger partial charge on any atom is -0.480 e. The van der Waals surface area contributed by atoms with Crippen LogP contribution in [0.25, 0.3) is 0 Å². The van der Waals surface area contributed by atoms with Crippen LogP contribution >= 0.6 is 0 Å². The summed E-state index contributed by atoms with van der Waals surface area (Å²) in [5.41, 5.74) is 0. The second-order valence-electron chi connectivity index (χ2n) is 3.77. The summed E-state index contributed by atoms with van der Waals surface area (Å²) >= 11 is 0. The molecule has 17 heavy (non-hydrogen) atoms. The summed E-state index contributed by atoms with van der Waals surface area (Å²) in [5, 5.41) is 14.3. The molecule has 0 aliphatic heterocycles. The molecule has 0 spiro atoms. The Morgan fingerprint density at radius 1 is 1.35 bits per heavy atom. The zero-order chi connectivity index (χ0) is 12.7. The molecular formula is C10H17N5O2. The molecule has 0 aliphatic carbocycles. The standard InChI is InChI=1S/C10H17N5O2/c1-15(2)4-3-11-8-5-9(14-7-13-8)12-6-10(16)17/h5,7H,3-4,6H2,1-2H3,(H,16,17)(H2,11,12,13,14). The molecule has 1 heterocycles. The van der Waals surface area contributed by atoms with Gasteiger partial charge in [-0.15, -0.1) is 0 Å². The first kappa shape index (κ1) is 13.2. The number of nitrogens with one attached hydrogen (secondary N) is 2. The quantitative estimate of drug-likeness (QED) is 0.614. The Morgan fingerprint density at radius 2 is 2.00 bits per heavy atom. The van der Waals surface area contributed by atoms with E-state index in [4.69, 9.17) is 5.11 Å². The average molecular weight is 239 g/mol. The Bertz CT molecular complexity index is 369. The van der Waals surface area contributed by atoms with Gasteiger partial charge in [0.25, 0.3) is 0 Å². The van der Waals surface area contributed by atoms with Crippen molar-refractivity contribution in [2.45, 2.75) is 0 Å². The van der Waals surface area contributed by atoms with Crippen LogP contribution in [-0.2, 0) is 4.79 Å². The molecule has 0 radical (unpaired) electrons. The zero-order valence-electron chi connectivity index (χ0n) is 9.97. The lowest BCUT2D eigenvalue weighted by molar-refractivity contribution is -0.134. The highest BCUT2D eigenvalue weighted by Crippen LogP contribution is 2.07. The fourth-order valence-corrected chi connectivity index (χ4v) is 1.12. The predicted molar refractivity (Wildman–Crippen MR) is 65.2 cm³/mol. The maximum atomic E-state index is 10.4. The van der Waals surface area contributed by atoms with Crippen molar-refractivity contribution in [3.8, 4) is 0 Å². The third kappa shape index (κ3) is 5.67. The van der Waals surface area contributed by atoms with Gasteiger partial charge in [0.2, 0.25) is 0 Å². The highest BCUT2D eigenvalue weighted by atomic mass is 16.4. The van der Waals surface area contributed by atoms with Crippen molar-refractivity contribution in [1.29, 1.82) is 0 Å². The first-order valence-corrected chi connectivity index (χ1v) is 5.24. The predicted octanol–water partition coefficient (Wildman–Crippen LogP) is -0.0534. The van der Waals surface area contributed by atoms with E-state index in [9.17, 15) is 4.79 Å².